The third kappa shape index (κ3) is 3.80. The Kier molecular flexibility index (Phi) is 4.96. The molecule has 1 fully saturated rings. The summed E-state index contributed by atoms with van der Waals surface area (Å²) in [5.74, 6) is -0.164. The average molecular weight is 410 g/mol. The largest absolute Gasteiger partial charge is 0.478 e. The van der Waals surface area contributed by atoms with Gasteiger partial charge in [-0.3, -0.25) is 0 Å². The first kappa shape index (κ1) is 19.1. The lowest BCUT2D eigenvalue weighted by Crippen LogP contribution is -2.47. The molecular formula is C25H22N4O2. The molecule has 1 saturated heterocycles. The molecule has 0 atom stereocenters. The van der Waals surface area contributed by atoms with Gasteiger partial charge in [0.05, 0.1) is 16.6 Å². The molecule has 6 heteroatoms. The van der Waals surface area contributed by atoms with Crippen LogP contribution in [0.25, 0.3) is 22.3 Å². The summed E-state index contributed by atoms with van der Waals surface area (Å²) in [5.41, 5.74) is 4.55. The maximum absolute atomic E-state index is 11.4. The number of anilines is 2. The zero-order chi connectivity index (χ0) is 21.2. The Morgan fingerprint density at radius 3 is 2.06 bits per heavy atom. The van der Waals surface area contributed by atoms with Crippen LogP contribution in [0.3, 0.4) is 0 Å². The molecule has 0 radical (unpaired) electrons. The second-order valence-corrected chi connectivity index (χ2v) is 7.58. The minimum Gasteiger partial charge on any atom is -0.478 e. The summed E-state index contributed by atoms with van der Waals surface area (Å²) in [6.45, 7) is 3.39. The Morgan fingerprint density at radius 1 is 0.742 bits per heavy atom. The van der Waals surface area contributed by atoms with Gasteiger partial charge in [-0.2, -0.15) is 0 Å². The first-order chi connectivity index (χ1) is 15.2. The maximum Gasteiger partial charge on any atom is 0.335 e. The van der Waals surface area contributed by atoms with Crippen molar-refractivity contribution < 1.29 is 9.90 Å². The molecule has 0 unspecified atom stereocenters. The Labute approximate surface area is 180 Å². The highest BCUT2D eigenvalue weighted by atomic mass is 16.4. The van der Waals surface area contributed by atoms with E-state index in [1.54, 1.807) is 18.2 Å². The van der Waals surface area contributed by atoms with Gasteiger partial charge in [-0.05, 0) is 30.3 Å². The van der Waals surface area contributed by atoms with Crippen LogP contribution in [0, 0.1) is 0 Å². The number of nitrogens with zero attached hydrogens (tertiary/aromatic N) is 4. The minimum absolute atomic E-state index is 0.217. The molecule has 1 aliphatic heterocycles. The van der Waals surface area contributed by atoms with Crippen LogP contribution in [0.5, 0.6) is 0 Å². The number of rotatable bonds is 4. The average Bonchev–Trinajstić information content (AvgIpc) is 2.84. The minimum atomic E-state index is -0.964. The van der Waals surface area contributed by atoms with Gasteiger partial charge in [-0.15, -0.1) is 0 Å². The van der Waals surface area contributed by atoms with Crippen molar-refractivity contribution in [3.05, 3.63) is 84.4 Å². The van der Waals surface area contributed by atoms with E-state index < -0.39 is 5.97 Å². The molecular weight excluding hydrogens is 388 g/mol. The van der Waals surface area contributed by atoms with E-state index >= 15 is 0 Å². The van der Waals surface area contributed by atoms with Gasteiger partial charge in [0.15, 0.2) is 5.82 Å². The zero-order valence-corrected chi connectivity index (χ0v) is 17.0. The summed E-state index contributed by atoms with van der Waals surface area (Å²) in [5, 5.41) is 9.37. The van der Waals surface area contributed by atoms with Crippen LogP contribution in [-0.4, -0.2) is 47.2 Å². The van der Waals surface area contributed by atoms with Gasteiger partial charge in [0, 0.05) is 37.4 Å². The predicted octanol–water partition coefficient (Wildman–Crippen LogP) is 4.32. The van der Waals surface area contributed by atoms with Crippen molar-refractivity contribution >= 4 is 28.5 Å². The number of benzene rings is 3. The number of piperazine rings is 1. The fraction of sp³-hybridized carbons (Fsp3) is 0.160. The second-order valence-electron chi connectivity index (χ2n) is 7.58. The molecule has 1 N–H and O–H groups in total. The summed E-state index contributed by atoms with van der Waals surface area (Å²) in [6, 6.07) is 25.4. The summed E-state index contributed by atoms with van der Waals surface area (Å²) >= 11 is 0. The molecule has 0 amide bonds. The van der Waals surface area contributed by atoms with Gasteiger partial charge in [0.1, 0.15) is 5.69 Å². The topological polar surface area (TPSA) is 69.6 Å². The summed E-state index contributed by atoms with van der Waals surface area (Å²) in [6.07, 6.45) is 0. The van der Waals surface area contributed by atoms with Gasteiger partial charge >= 0.3 is 5.97 Å². The zero-order valence-electron chi connectivity index (χ0n) is 17.0. The fourth-order valence-corrected chi connectivity index (χ4v) is 4.00. The van der Waals surface area contributed by atoms with Gasteiger partial charge in [0.25, 0.3) is 0 Å². The second kappa shape index (κ2) is 8.07. The number of hydrogen-bond donors (Lipinski definition) is 1. The number of para-hydroxylation sites is 1. The van der Waals surface area contributed by atoms with Crippen molar-refractivity contribution in [3.8, 4) is 11.3 Å². The van der Waals surface area contributed by atoms with Crippen LogP contribution in [0.2, 0.25) is 0 Å². The van der Waals surface area contributed by atoms with Crippen LogP contribution in [0.1, 0.15) is 10.4 Å². The lowest BCUT2D eigenvalue weighted by atomic mass is 10.1. The number of hydrogen-bond acceptors (Lipinski definition) is 5. The first-order valence-corrected chi connectivity index (χ1v) is 10.3. The van der Waals surface area contributed by atoms with E-state index in [9.17, 15) is 9.90 Å². The molecule has 154 valence electrons. The van der Waals surface area contributed by atoms with Gasteiger partial charge in [-0.1, -0.05) is 48.5 Å². The van der Waals surface area contributed by atoms with Crippen molar-refractivity contribution in [2.45, 2.75) is 0 Å². The van der Waals surface area contributed by atoms with Crippen LogP contribution in [0.4, 0.5) is 11.5 Å². The van der Waals surface area contributed by atoms with Crippen LogP contribution in [0.15, 0.2) is 78.9 Å². The molecule has 0 bridgehead atoms. The molecule has 4 aromatic rings. The van der Waals surface area contributed by atoms with Gasteiger partial charge < -0.3 is 14.9 Å². The van der Waals surface area contributed by atoms with Gasteiger partial charge in [0.2, 0.25) is 0 Å². The predicted molar refractivity (Wildman–Crippen MR) is 123 cm³/mol. The van der Waals surface area contributed by atoms with Crippen molar-refractivity contribution in [2.75, 3.05) is 36.0 Å². The van der Waals surface area contributed by atoms with E-state index in [1.807, 2.05) is 36.4 Å². The van der Waals surface area contributed by atoms with E-state index in [4.69, 9.17) is 9.97 Å². The molecule has 2 heterocycles. The Hall–Kier alpha value is -3.93. The van der Waals surface area contributed by atoms with E-state index in [-0.39, 0.29) is 5.56 Å². The van der Waals surface area contributed by atoms with Crippen LogP contribution >= 0.6 is 0 Å². The first-order valence-electron chi connectivity index (χ1n) is 10.3. The third-order valence-electron chi connectivity index (χ3n) is 5.64. The summed E-state index contributed by atoms with van der Waals surface area (Å²) < 4.78 is 0. The lowest BCUT2D eigenvalue weighted by molar-refractivity contribution is 0.0697. The molecule has 5 rings (SSSR count). The molecule has 1 aliphatic rings. The smallest absolute Gasteiger partial charge is 0.335 e. The standard InChI is InChI=1S/C25H22N4O2/c30-25(31)19-11-12-21-22(17-19)27-24(23(26-21)18-7-3-1-4-8-18)29-15-13-28(14-16-29)20-9-5-2-6-10-20/h1-12,17H,13-16H2,(H,30,31). The number of carbonyl (C=O) groups is 1. The normalized spacial score (nSPS) is 14.1. The summed E-state index contributed by atoms with van der Waals surface area (Å²) in [4.78, 5) is 25.8. The molecule has 31 heavy (non-hydrogen) atoms. The van der Waals surface area contributed by atoms with E-state index in [2.05, 4.69) is 34.1 Å². The Balaban J connectivity index is 1.53. The highest BCUT2D eigenvalue weighted by Gasteiger charge is 2.23. The number of aromatic carboxylic acids is 1. The Morgan fingerprint density at radius 2 is 1.39 bits per heavy atom. The van der Waals surface area contributed by atoms with Crippen molar-refractivity contribution in [1.82, 2.24) is 9.97 Å². The molecule has 0 spiro atoms. The number of carboxylic acid groups (broad SMARTS) is 1. The highest BCUT2D eigenvalue weighted by molar-refractivity contribution is 5.93. The molecule has 1 aromatic heterocycles. The summed E-state index contributed by atoms with van der Waals surface area (Å²) in [7, 11) is 0. The van der Waals surface area contributed by atoms with Gasteiger partial charge in [-0.25, -0.2) is 14.8 Å². The van der Waals surface area contributed by atoms with Crippen LogP contribution in [-0.2, 0) is 0 Å². The molecule has 0 aliphatic carbocycles. The number of aromatic nitrogens is 2. The van der Waals surface area contributed by atoms with Crippen molar-refractivity contribution in [1.29, 1.82) is 0 Å². The monoisotopic (exact) mass is 410 g/mol. The lowest BCUT2D eigenvalue weighted by Gasteiger charge is -2.37. The molecule has 6 nitrogen and oxygen atoms in total. The van der Waals surface area contributed by atoms with Crippen molar-refractivity contribution in [3.63, 3.8) is 0 Å². The third-order valence-corrected chi connectivity index (χ3v) is 5.64. The van der Waals surface area contributed by atoms with Crippen LogP contribution < -0.4 is 9.80 Å². The quantitative estimate of drug-likeness (QED) is 0.540. The van der Waals surface area contributed by atoms with E-state index in [0.717, 1.165) is 43.3 Å². The van der Waals surface area contributed by atoms with E-state index in [1.165, 1.54) is 5.69 Å². The maximum atomic E-state index is 11.4. The Bertz CT molecular complexity index is 1220. The van der Waals surface area contributed by atoms with E-state index in [0.29, 0.717) is 11.0 Å². The number of fused-ring (bicyclic) bond motifs is 1. The number of carboxylic acids is 1. The molecule has 0 saturated carbocycles. The SMILES string of the molecule is O=C(O)c1ccc2nc(-c3ccccc3)c(N3CCN(c4ccccc4)CC3)nc2c1. The molecule has 3 aromatic carbocycles. The fourth-order valence-electron chi connectivity index (χ4n) is 4.00. The van der Waals surface area contributed by atoms with Crippen molar-refractivity contribution in [2.24, 2.45) is 0 Å². The highest BCUT2D eigenvalue weighted by Crippen LogP contribution is 2.31.